The molecule has 0 spiro atoms. The van der Waals surface area contributed by atoms with Crippen molar-refractivity contribution in [3.63, 3.8) is 0 Å². The average Bonchev–Trinajstić information content (AvgIpc) is 3.04. The molecule has 0 atom stereocenters. The van der Waals surface area contributed by atoms with Gasteiger partial charge in [-0.15, -0.1) is 5.10 Å². The summed E-state index contributed by atoms with van der Waals surface area (Å²) in [7, 11) is 0. The number of amides is 2. The molecule has 0 aliphatic rings. The van der Waals surface area contributed by atoms with Crippen molar-refractivity contribution in [2.75, 3.05) is 0 Å². The van der Waals surface area contributed by atoms with E-state index in [-0.39, 0.29) is 17.3 Å². The highest BCUT2D eigenvalue weighted by Crippen LogP contribution is 2.32. The molecule has 28 heavy (non-hydrogen) atoms. The summed E-state index contributed by atoms with van der Waals surface area (Å²) in [6.07, 6.45) is -0.865. The molecule has 2 aromatic rings. The number of alkyl halides is 3. The first-order chi connectivity index (χ1) is 12.9. The molecule has 2 rings (SSSR count). The summed E-state index contributed by atoms with van der Waals surface area (Å²) in [6, 6.07) is 3.54. The van der Waals surface area contributed by atoms with Gasteiger partial charge in [0.1, 0.15) is 6.33 Å². The minimum Gasteiger partial charge on any atom is -0.273 e. The summed E-state index contributed by atoms with van der Waals surface area (Å²) in [4.78, 5) is 27.4. The van der Waals surface area contributed by atoms with E-state index < -0.39 is 23.1 Å². The second-order valence-electron chi connectivity index (χ2n) is 7.14. The molecule has 0 bridgehead atoms. The van der Waals surface area contributed by atoms with Crippen LogP contribution in [0.1, 0.15) is 31.9 Å². The summed E-state index contributed by atoms with van der Waals surface area (Å²) in [5.41, 5.74) is 3.67. The monoisotopic (exact) mass is 395 g/mol. The van der Waals surface area contributed by atoms with Crippen molar-refractivity contribution < 1.29 is 22.8 Å². The van der Waals surface area contributed by atoms with E-state index in [2.05, 4.69) is 20.9 Å². The topological polar surface area (TPSA) is 88.9 Å². The van der Waals surface area contributed by atoms with Gasteiger partial charge in [0.2, 0.25) is 5.91 Å². The molecule has 1 heterocycles. The highest BCUT2D eigenvalue weighted by molar-refractivity contribution is 5.92. The normalized spacial score (nSPS) is 12.2. The number of aromatic nitrogens is 3. The Hall–Kier alpha value is -3.17. The predicted octanol–water partition coefficient (Wildman–Crippen LogP) is 2.94. The molecule has 150 valence electrons. The number of aryl methyl sites for hydroxylation is 1. The van der Waals surface area contributed by atoms with Gasteiger partial charge >= 0.3 is 6.18 Å². The molecule has 0 unspecified atom stereocenters. The second-order valence-corrected chi connectivity index (χ2v) is 7.14. The number of nitrogens with one attached hydrogen (secondary N) is 2. The van der Waals surface area contributed by atoms with Gasteiger partial charge in [0.25, 0.3) is 5.91 Å². The van der Waals surface area contributed by atoms with E-state index in [0.717, 1.165) is 18.2 Å². The molecule has 7 nitrogen and oxygen atoms in total. The Kier molecular flexibility index (Phi) is 5.91. The smallest absolute Gasteiger partial charge is 0.273 e. The van der Waals surface area contributed by atoms with Gasteiger partial charge in [-0.2, -0.15) is 13.2 Å². The van der Waals surface area contributed by atoms with E-state index in [4.69, 9.17) is 0 Å². The quantitative estimate of drug-likeness (QED) is 0.618. The number of carbonyl (C=O) groups is 2. The highest BCUT2D eigenvalue weighted by atomic mass is 19.4. The lowest BCUT2D eigenvalue weighted by molar-refractivity contribution is -0.137. The third-order valence-corrected chi connectivity index (χ3v) is 3.53. The van der Waals surface area contributed by atoms with Crippen LogP contribution in [0.25, 0.3) is 17.6 Å². The third-order valence-electron chi connectivity index (χ3n) is 3.53. The van der Waals surface area contributed by atoms with E-state index >= 15 is 0 Å². The number of rotatable bonds is 3. The highest BCUT2D eigenvalue weighted by Gasteiger charge is 2.31. The molecule has 0 saturated carbocycles. The Bertz CT molecular complexity index is 911. The fourth-order valence-corrected chi connectivity index (χ4v) is 2.05. The molecule has 1 aromatic heterocycles. The van der Waals surface area contributed by atoms with Crippen LogP contribution in [0.3, 0.4) is 0 Å². The molecular weight excluding hydrogens is 375 g/mol. The summed E-state index contributed by atoms with van der Waals surface area (Å²) in [5.74, 6) is -0.887. The van der Waals surface area contributed by atoms with Crippen LogP contribution < -0.4 is 10.9 Å². The van der Waals surface area contributed by atoms with Crippen molar-refractivity contribution in [1.82, 2.24) is 25.6 Å². The molecule has 0 aliphatic heterocycles. The molecule has 10 heteroatoms. The average molecular weight is 395 g/mol. The van der Waals surface area contributed by atoms with Gasteiger partial charge in [0, 0.05) is 23.3 Å². The molecule has 0 fully saturated rings. The minimum atomic E-state index is -4.47. The van der Waals surface area contributed by atoms with Gasteiger partial charge in [0.05, 0.1) is 5.56 Å². The van der Waals surface area contributed by atoms with E-state index in [0.29, 0.717) is 5.56 Å². The van der Waals surface area contributed by atoms with Crippen LogP contribution >= 0.6 is 0 Å². The number of halogens is 3. The SMILES string of the molecule is Cc1cc(-c2ncn(/C=C\C(=O)NNC(=O)C(C)(C)C)n2)cc(C(F)(F)F)c1. The fraction of sp³-hybridized carbons (Fsp3) is 0.333. The Morgan fingerprint density at radius 3 is 2.39 bits per heavy atom. The summed E-state index contributed by atoms with van der Waals surface area (Å²) in [6.45, 7) is 6.62. The van der Waals surface area contributed by atoms with Crippen LogP contribution in [0.4, 0.5) is 13.2 Å². The fourth-order valence-electron chi connectivity index (χ4n) is 2.05. The van der Waals surface area contributed by atoms with Gasteiger partial charge in [-0.3, -0.25) is 20.4 Å². The Balaban J connectivity index is 2.08. The molecule has 0 radical (unpaired) electrons. The predicted molar refractivity (Wildman–Crippen MR) is 96.3 cm³/mol. The molecule has 0 aliphatic carbocycles. The first-order valence-electron chi connectivity index (χ1n) is 8.25. The van der Waals surface area contributed by atoms with Crippen LogP contribution in [-0.2, 0) is 15.8 Å². The standard InChI is InChI=1S/C18H20F3N5O2/c1-11-7-12(9-13(8-11)18(19,20)21)15-22-10-26(25-15)6-5-14(27)23-24-16(28)17(2,3)4/h5-10H,1-4H3,(H,23,27)(H,24,28)/b6-5-. The maximum Gasteiger partial charge on any atom is 0.416 e. The van der Waals surface area contributed by atoms with Crippen molar-refractivity contribution in [2.24, 2.45) is 5.41 Å². The van der Waals surface area contributed by atoms with E-state index in [1.807, 2.05) is 0 Å². The third kappa shape index (κ3) is 5.66. The molecule has 2 amide bonds. The van der Waals surface area contributed by atoms with Crippen LogP contribution in [-0.4, -0.2) is 26.6 Å². The zero-order valence-electron chi connectivity index (χ0n) is 15.8. The lowest BCUT2D eigenvalue weighted by Gasteiger charge is -2.17. The first kappa shape index (κ1) is 21.1. The second kappa shape index (κ2) is 7.83. The number of hydrogen-bond donors (Lipinski definition) is 2. The Morgan fingerprint density at radius 2 is 1.79 bits per heavy atom. The van der Waals surface area contributed by atoms with E-state index in [9.17, 15) is 22.8 Å². The van der Waals surface area contributed by atoms with Crippen LogP contribution in [0, 0.1) is 12.3 Å². The maximum absolute atomic E-state index is 12.9. The minimum absolute atomic E-state index is 0.0836. The van der Waals surface area contributed by atoms with E-state index in [1.165, 1.54) is 23.3 Å². The molecular formula is C18H20F3N5O2. The van der Waals surface area contributed by atoms with Gasteiger partial charge in [-0.05, 0) is 30.7 Å². The lowest BCUT2D eigenvalue weighted by Crippen LogP contribution is -2.46. The number of carbonyl (C=O) groups excluding carboxylic acids is 2. The molecule has 1 aromatic carbocycles. The van der Waals surface area contributed by atoms with Crippen molar-refractivity contribution in [3.05, 3.63) is 41.7 Å². The van der Waals surface area contributed by atoms with Gasteiger partial charge < -0.3 is 0 Å². The van der Waals surface area contributed by atoms with E-state index in [1.54, 1.807) is 27.7 Å². The van der Waals surface area contributed by atoms with Crippen LogP contribution in [0.15, 0.2) is 30.6 Å². The zero-order valence-corrected chi connectivity index (χ0v) is 15.8. The largest absolute Gasteiger partial charge is 0.416 e. The number of benzene rings is 1. The van der Waals surface area contributed by atoms with Crippen LogP contribution in [0.5, 0.6) is 0 Å². The Labute approximate surface area is 159 Å². The number of hydrogen-bond acceptors (Lipinski definition) is 4. The van der Waals surface area contributed by atoms with Crippen LogP contribution in [0.2, 0.25) is 0 Å². The summed E-state index contributed by atoms with van der Waals surface area (Å²) < 4.78 is 40.0. The van der Waals surface area contributed by atoms with Crippen molar-refractivity contribution >= 4 is 18.0 Å². The van der Waals surface area contributed by atoms with Crippen molar-refractivity contribution in [3.8, 4) is 11.4 Å². The lowest BCUT2D eigenvalue weighted by atomic mass is 9.96. The maximum atomic E-state index is 12.9. The molecule has 0 saturated heterocycles. The van der Waals surface area contributed by atoms with Gasteiger partial charge in [0.15, 0.2) is 5.82 Å². The number of nitrogens with zero attached hydrogens (tertiary/aromatic N) is 3. The number of hydrazine groups is 1. The molecule has 2 N–H and O–H groups in total. The van der Waals surface area contributed by atoms with Gasteiger partial charge in [-0.25, -0.2) is 9.67 Å². The van der Waals surface area contributed by atoms with Gasteiger partial charge in [-0.1, -0.05) is 20.8 Å². The first-order valence-corrected chi connectivity index (χ1v) is 8.25. The van der Waals surface area contributed by atoms with Crippen molar-refractivity contribution in [2.45, 2.75) is 33.9 Å². The summed E-state index contributed by atoms with van der Waals surface area (Å²) >= 11 is 0. The summed E-state index contributed by atoms with van der Waals surface area (Å²) in [5, 5.41) is 4.04. The van der Waals surface area contributed by atoms with Crippen molar-refractivity contribution in [1.29, 1.82) is 0 Å². The zero-order chi connectivity index (χ0) is 21.1. The Morgan fingerprint density at radius 1 is 1.11 bits per heavy atom.